The van der Waals surface area contributed by atoms with Crippen LogP contribution in [-0.2, 0) is 36.1 Å². The van der Waals surface area contributed by atoms with Crippen molar-refractivity contribution in [3.63, 3.8) is 0 Å². The van der Waals surface area contributed by atoms with Gasteiger partial charge in [-0.3, -0.25) is 0 Å². The molecular weight excluding hydrogens is 647 g/mol. The molecule has 0 spiro atoms. The Morgan fingerprint density at radius 3 is 1.98 bits per heavy atom. The molecule has 0 N–H and O–H groups in total. The predicted octanol–water partition coefficient (Wildman–Crippen LogP) is 3.37. The zero-order valence-corrected chi connectivity index (χ0v) is 27.7. The molecule has 4 aromatic carbocycles. The zero-order valence-electron chi connectivity index (χ0n) is 23.7. The van der Waals surface area contributed by atoms with Gasteiger partial charge in [-0.15, -0.1) is 0 Å². The second-order valence-electron chi connectivity index (χ2n) is 11.7. The summed E-state index contributed by atoms with van der Waals surface area (Å²) in [5.74, 6) is 0. The van der Waals surface area contributed by atoms with Crippen LogP contribution in [-0.4, -0.2) is 9.13 Å². The standard InChI is InChI=1S/C21H18N.C17H12N.2ClH.Zr/c1-2-8-16-14-17(13-15(16)7-1)22-20-11-5-3-9-18(20)19-10-4-6-12-21(19)22;1-2-7-15-12-16(11-14(15)6-1)18-10-9-13-5-3-4-8-17(13)18;;;/h1-3,5,7-9,11,13-14H,4,6,10,12H2;1-12H;2*1H;/q;;;;+2/p-2. The van der Waals surface area contributed by atoms with E-state index in [-0.39, 0.29) is 24.8 Å². The van der Waals surface area contributed by atoms with E-state index in [0.717, 1.165) is 0 Å². The topological polar surface area (TPSA) is 9.86 Å². The number of aromatic nitrogens is 2. The summed E-state index contributed by atoms with van der Waals surface area (Å²) in [7, 11) is 0. The molecule has 2 aromatic heterocycles. The number of rotatable bonds is 4. The Hall–Kier alpha value is -3.10. The fourth-order valence-electron chi connectivity index (χ4n) is 7.63. The Bertz CT molecular complexity index is 2060. The van der Waals surface area contributed by atoms with Crippen LogP contribution >= 0.6 is 0 Å². The Kier molecular flexibility index (Phi) is 7.62. The van der Waals surface area contributed by atoms with Gasteiger partial charge in [-0.25, -0.2) is 0 Å². The molecule has 0 fully saturated rings. The van der Waals surface area contributed by atoms with E-state index in [2.05, 4.69) is 131 Å². The Labute approximate surface area is 276 Å². The van der Waals surface area contributed by atoms with Crippen molar-refractivity contribution < 1.29 is 48.0 Å². The van der Waals surface area contributed by atoms with Crippen molar-refractivity contribution in [2.45, 2.75) is 32.9 Å². The van der Waals surface area contributed by atoms with E-state index >= 15 is 0 Å². The van der Waals surface area contributed by atoms with Gasteiger partial charge in [-0.2, -0.15) is 0 Å². The summed E-state index contributed by atoms with van der Waals surface area (Å²) in [6.45, 7) is 0. The molecule has 43 heavy (non-hydrogen) atoms. The first-order chi connectivity index (χ1) is 20.3. The summed E-state index contributed by atoms with van der Waals surface area (Å²) in [4.78, 5) is 0. The van der Waals surface area contributed by atoms with Crippen LogP contribution in [0.2, 0.25) is 0 Å². The van der Waals surface area contributed by atoms with Crippen LogP contribution in [0.5, 0.6) is 0 Å². The number of hydrogen-bond donors (Lipinski definition) is 0. The number of aryl methyl sites for hydroxylation is 1. The Morgan fingerprint density at radius 2 is 1.19 bits per heavy atom. The molecule has 2 unspecified atom stereocenters. The molecule has 0 aliphatic heterocycles. The number of halogens is 2. The molecule has 0 saturated carbocycles. The predicted molar refractivity (Wildman–Crippen MR) is 167 cm³/mol. The van der Waals surface area contributed by atoms with E-state index in [9.17, 15) is 0 Å². The molecule has 2 atom stereocenters. The van der Waals surface area contributed by atoms with Crippen molar-refractivity contribution in [3.8, 4) is 0 Å². The SMILES string of the molecule is C1=C(n2ccc3ccccc32)[CH]([Zr+2][CH]2C(n3c4c(c5ccccc53)CCCC4)=Cc3ccccc32)c2ccccc21.[Cl-].[Cl-]. The maximum atomic E-state index is 2.71. The second kappa shape index (κ2) is 11.4. The van der Waals surface area contributed by atoms with E-state index in [1.807, 2.05) is 0 Å². The summed E-state index contributed by atoms with van der Waals surface area (Å²) in [5, 5.41) is 2.78. The van der Waals surface area contributed by atoms with Crippen LogP contribution < -0.4 is 24.8 Å². The first-order valence-electron chi connectivity index (χ1n) is 14.9. The van der Waals surface area contributed by atoms with Crippen molar-refractivity contribution >= 4 is 45.4 Å². The van der Waals surface area contributed by atoms with Gasteiger partial charge in [0.2, 0.25) is 0 Å². The van der Waals surface area contributed by atoms with Crippen molar-refractivity contribution in [3.05, 3.63) is 143 Å². The minimum atomic E-state index is -1.12. The molecule has 0 bridgehead atoms. The summed E-state index contributed by atoms with van der Waals surface area (Å²) in [6.07, 6.45) is 12.3. The van der Waals surface area contributed by atoms with Crippen LogP contribution in [0.3, 0.4) is 0 Å². The third-order valence-corrected chi connectivity index (χ3v) is 14.1. The number of nitrogens with zero attached hydrogens (tertiary/aromatic N) is 2. The first kappa shape index (κ1) is 28.7. The third kappa shape index (κ3) is 4.47. The number of fused-ring (bicyclic) bond motifs is 6. The molecule has 9 rings (SSSR count). The van der Waals surface area contributed by atoms with Gasteiger partial charge in [0.05, 0.1) is 0 Å². The number of hydrogen-bond acceptors (Lipinski definition) is 0. The molecule has 2 nitrogen and oxygen atoms in total. The summed E-state index contributed by atoms with van der Waals surface area (Å²) >= 11 is -1.12. The summed E-state index contributed by atoms with van der Waals surface area (Å²) in [6, 6.07) is 38.6. The fraction of sp³-hybridized carbons (Fsp3) is 0.158. The molecule has 3 aliphatic rings. The van der Waals surface area contributed by atoms with Gasteiger partial charge >= 0.3 is 253 Å². The molecule has 0 saturated heterocycles. The van der Waals surface area contributed by atoms with Crippen LogP contribution in [0.4, 0.5) is 0 Å². The number of para-hydroxylation sites is 2. The smallest absolute Gasteiger partial charge is 1.00 e. The molecule has 210 valence electrons. The minimum absolute atomic E-state index is 0. The zero-order chi connectivity index (χ0) is 26.9. The Morgan fingerprint density at radius 1 is 0.581 bits per heavy atom. The van der Waals surface area contributed by atoms with Crippen LogP contribution in [0, 0.1) is 0 Å². The van der Waals surface area contributed by atoms with Gasteiger partial charge in [0.15, 0.2) is 0 Å². The molecular formula is C38H30Cl2N2Zr. The van der Waals surface area contributed by atoms with Gasteiger partial charge in [0, 0.05) is 0 Å². The maximum Gasteiger partial charge on any atom is -1.00 e. The molecule has 5 heteroatoms. The molecule has 6 aromatic rings. The summed E-state index contributed by atoms with van der Waals surface area (Å²) in [5.41, 5.74) is 14.7. The average molecular weight is 677 g/mol. The largest absolute Gasteiger partial charge is 1.00 e. The summed E-state index contributed by atoms with van der Waals surface area (Å²) < 4.78 is 6.16. The first-order valence-corrected chi connectivity index (χ1v) is 17.7. The molecule has 0 amide bonds. The van der Waals surface area contributed by atoms with Gasteiger partial charge in [-0.05, 0) is 0 Å². The van der Waals surface area contributed by atoms with Gasteiger partial charge < -0.3 is 24.8 Å². The number of benzene rings is 4. The van der Waals surface area contributed by atoms with Gasteiger partial charge in [-0.1, -0.05) is 0 Å². The van der Waals surface area contributed by atoms with Crippen molar-refractivity contribution in [2.75, 3.05) is 0 Å². The van der Waals surface area contributed by atoms with E-state index < -0.39 is 23.2 Å². The monoisotopic (exact) mass is 674 g/mol. The molecule has 2 heterocycles. The normalized spacial score (nSPS) is 18.1. The van der Waals surface area contributed by atoms with Crippen LogP contribution in [0.1, 0.15) is 53.6 Å². The number of allylic oxidation sites excluding steroid dienone is 2. The van der Waals surface area contributed by atoms with Crippen molar-refractivity contribution in [1.29, 1.82) is 0 Å². The van der Waals surface area contributed by atoms with E-state index in [1.165, 1.54) is 81.1 Å². The van der Waals surface area contributed by atoms with E-state index in [0.29, 0.717) is 7.25 Å². The van der Waals surface area contributed by atoms with Gasteiger partial charge in [0.1, 0.15) is 0 Å². The molecule has 0 radical (unpaired) electrons. The minimum Gasteiger partial charge on any atom is -1.00 e. The van der Waals surface area contributed by atoms with E-state index in [1.54, 1.807) is 11.3 Å². The van der Waals surface area contributed by atoms with Crippen LogP contribution in [0.15, 0.2) is 109 Å². The van der Waals surface area contributed by atoms with Crippen molar-refractivity contribution in [1.82, 2.24) is 9.13 Å². The average Bonchev–Trinajstić information content (AvgIpc) is 3.78. The second-order valence-corrected chi connectivity index (χ2v) is 15.3. The van der Waals surface area contributed by atoms with Crippen LogP contribution in [0.25, 0.3) is 45.4 Å². The Balaban J connectivity index is 0.00000150. The maximum absolute atomic E-state index is 2.71. The third-order valence-electron chi connectivity index (χ3n) is 9.46. The van der Waals surface area contributed by atoms with E-state index in [4.69, 9.17) is 0 Å². The van der Waals surface area contributed by atoms with Gasteiger partial charge in [0.25, 0.3) is 0 Å². The van der Waals surface area contributed by atoms with Crippen molar-refractivity contribution in [2.24, 2.45) is 0 Å². The molecule has 3 aliphatic carbocycles. The fourth-order valence-corrected chi connectivity index (χ4v) is 12.5. The quantitative estimate of drug-likeness (QED) is 0.271.